The van der Waals surface area contributed by atoms with Crippen LogP contribution in [0.15, 0.2) is 30.9 Å². The second kappa shape index (κ2) is 7.88. The van der Waals surface area contributed by atoms with Gasteiger partial charge in [-0.05, 0) is 36.6 Å². The largest absolute Gasteiger partial charge is 0.493 e. The minimum Gasteiger partial charge on any atom is -0.493 e. The third kappa shape index (κ3) is 5.82. The molecule has 100 valence electrons. The molecule has 0 spiro atoms. The van der Waals surface area contributed by atoms with Crippen LogP contribution in [-0.2, 0) is 6.54 Å². The summed E-state index contributed by atoms with van der Waals surface area (Å²) in [6.07, 6.45) is 2.54. The maximum atomic E-state index is 13.4. The first-order chi connectivity index (χ1) is 8.61. The highest BCUT2D eigenvalue weighted by Gasteiger charge is 2.02. The molecule has 0 saturated heterocycles. The Morgan fingerprint density at radius 2 is 2.17 bits per heavy atom. The van der Waals surface area contributed by atoms with E-state index in [1.807, 2.05) is 6.07 Å². The second-order valence-corrected chi connectivity index (χ2v) is 4.75. The summed E-state index contributed by atoms with van der Waals surface area (Å²) in [6.45, 7) is 10.0. The summed E-state index contributed by atoms with van der Waals surface area (Å²) in [5.41, 5.74) is 0.907. The average molecular weight is 251 g/mol. The van der Waals surface area contributed by atoms with Crippen molar-refractivity contribution in [2.24, 2.45) is 5.92 Å². The standard InChI is InChI=1S/C15H22FNO/c1-4-5-6-18-15-8-13(7-14(16)9-15)11-17-10-12(2)3/h4,7-9,12,17H,1,5-6,10-11H2,2-3H3. The molecule has 0 aliphatic rings. The van der Waals surface area contributed by atoms with Crippen LogP contribution >= 0.6 is 0 Å². The fraction of sp³-hybridized carbons (Fsp3) is 0.467. The summed E-state index contributed by atoms with van der Waals surface area (Å²) in [7, 11) is 0. The highest BCUT2D eigenvalue weighted by atomic mass is 19.1. The quantitative estimate of drug-likeness (QED) is 0.564. The summed E-state index contributed by atoms with van der Waals surface area (Å²) >= 11 is 0. The van der Waals surface area contributed by atoms with Gasteiger partial charge in [0.1, 0.15) is 11.6 Å². The second-order valence-electron chi connectivity index (χ2n) is 4.75. The van der Waals surface area contributed by atoms with E-state index in [1.54, 1.807) is 6.08 Å². The molecule has 0 radical (unpaired) electrons. The Hall–Kier alpha value is -1.35. The van der Waals surface area contributed by atoms with Crippen molar-refractivity contribution in [1.82, 2.24) is 5.32 Å². The van der Waals surface area contributed by atoms with E-state index in [9.17, 15) is 4.39 Å². The van der Waals surface area contributed by atoms with Gasteiger partial charge in [-0.1, -0.05) is 19.9 Å². The van der Waals surface area contributed by atoms with Crippen molar-refractivity contribution in [1.29, 1.82) is 0 Å². The van der Waals surface area contributed by atoms with E-state index in [-0.39, 0.29) is 5.82 Å². The van der Waals surface area contributed by atoms with E-state index in [2.05, 4.69) is 25.7 Å². The number of benzene rings is 1. The van der Waals surface area contributed by atoms with Crippen molar-refractivity contribution in [3.05, 3.63) is 42.2 Å². The highest BCUT2D eigenvalue weighted by Crippen LogP contribution is 2.16. The van der Waals surface area contributed by atoms with Crippen LogP contribution in [0, 0.1) is 11.7 Å². The number of rotatable bonds is 8. The summed E-state index contributed by atoms with van der Waals surface area (Å²) in [5.74, 6) is 0.910. The first-order valence-corrected chi connectivity index (χ1v) is 6.35. The van der Waals surface area contributed by atoms with Crippen molar-refractivity contribution in [3.8, 4) is 5.75 Å². The molecule has 0 fully saturated rings. The molecule has 0 atom stereocenters. The topological polar surface area (TPSA) is 21.3 Å². The van der Waals surface area contributed by atoms with Gasteiger partial charge in [0, 0.05) is 12.6 Å². The zero-order chi connectivity index (χ0) is 13.4. The first kappa shape index (κ1) is 14.7. The van der Waals surface area contributed by atoms with Crippen LogP contribution in [-0.4, -0.2) is 13.2 Å². The molecule has 1 N–H and O–H groups in total. The van der Waals surface area contributed by atoms with E-state index in [1.165, 1.54) is 12.1 Å². The summed E-state index contributed by atoms with van der Waals surface area (Å²) in [4.78, 5) is 0. The number of hydrogen-bond acceptors (Lipinski definition) is 2. The Labute approximate surface area is 109 Å². The van der Waals surface area contributed by atoms with Crippen LogP contribution in [0.1, 0.15) is 25.8 Å². The maximum absolute atomic E-state index is 13.4. The van der Waals surface area contributed by atoms with E-state index >= 15 is 0 Å². The van der Waals surface area contributed by atoms with Gasteiger partial charge in [0.2, 0.25) is 0 Å². The van der Waals surface area contributed by atoms with Crippen LogP contribution in [0.4, 0.5) is 4.39 Å². The van der Waals surface area contributed by atoms with Crippen molar-refractivity contribution in [2.75, 3.05) is 13.2 Å². The predicted octanol–water partition coefficient (Wildman–Crippen LogP) is 3.53. The minimum absolute atomic E-state index is 0.257. The van der Waals surface area contributed by atoms with E-state index in [0.29, 0.717) is 24.8 Å². The molecule has 2 nitrogen and oxygen atoms in total. The fourth-order valence-electron chi connectivity index (χ4n) is 1.57. The van der Waals surface area contributed by atoms with Gasteiger partial charge in [-0.3, -0.25) is 0 Å². The Morgan fingerprint density at radius 1 is 1.39 bits per heavy atom. The summed E-state index contributed by atoms with van der Waals surface area (Å²) in [6, 6.07) is 4.82. The number of nitrogens with one attached hydrogen (secondary N) is 1. The van der Waals surface area contributed by atoms with Crippen LogP contribution in [0.5, 0.6) is 5.75 Å². The van der Waals surface area contributed by atoms with Gasteiger partial charge in [-0.2, -0.15) is 0 Å². The molecule has 0 saturated carbocycles. The lowest BCUT2D eigenvalue weighted by Gasteiger charge is -2.10. The molecule has 0 heterocycles. The molecule has 0 bridgehead atoms. The molecule has 1 rings (SSSR count). The minimum atomic E-state index is -0.257. The Bertz CT molecular complexity index is 377. The summed E-state index contributed by atoms with van der Waals surface area (Å²) < 4.78 is 18.9. The number of hydrogen-bond donors (Lipinski definition) is 1. The van der Waals surface area contributed by atoms with E-state index < -0.39 is 0 Å². The number of ether oxygens (including phenoxy) is 1. The van der Waals surface area contributed by atoms with Crippen molar-refractivity contribution in [2.45, 2.75) is 26.8 Å². The Kier molecular flexibility index (Phi) is 6.44. The highest BCUT2D eigenvalue weighted by molar-refractivity contribution is 5.29. The molecule has 0 unspecified atom stereocenters. The molecule has 0 aliphatic carbocycles. The zero-order valence-electron chi connectivity index (χ0n) is 11.2. The van der Waals surface area contributed by atoms with Crippen molar-refractivity contribution in [3.63, 3.8) is 0 Å². The monoisotopic (exact) mass is 251 g/mol. The molecule has 3 heteroatoms. The SMILES string of the molecule is C=CCCOc1cc(F)cc(CNCC(C)C)c1. The fourth-order valence-corrected chi connectivity index (χ4v) is 1.57. The molecule has 1 aromatic rings. The van der Waals surface area contributed by atoms with Crippen LogP contribution in [0.2, 0.25) is 0 Å². The lowest BCUT2D eigenvalue weighted by atomic mass is 10.2. The Balaban J connectivity index is 2.54. The van der Waals surface area contributed by atoms with Crippen LogP contribution in [0.3, 0.4) is 0 Å². The third-order valence-electron chi connectivity index (χ3n) is 2.40. The van der Waals surface area contributed by atoms with E-state index in [0.717, 1.165) is 18.5 Å². The van der Waals surface area contributed by atoms with Crippen molar-refractivity contribution >= 4 is 0 Å². The molecule has 0 amide bonds. The smallest absolute Gasteiger partial charge is 0.127 e. The molecule has 0 aliphatic heterocycles. The lowest BCUT2D eigenvalue weighted by molar-refractivity contribution is 0.322. The zero-order valence-corrected chi connectivity index (χ0v) is 11.2. The van der Waals surface area contributed by atoms with Crippen LogP contribution < -0.4 is 10.1 Å². The van der Waals surface area contributed by atoms with Gasteiger partial charge in [0.15, 0.2) is 0 Å². The van der Waals surface area contributed by atoms with Gasteiger partial charge in [0.25, 0.3) is 0 Å². The maximum Gasteiger partial charge on any atom is 0.127 e. The molecule has 0 aromatic heterocycles. The molecular formula is C15H22FNO. The predicted molar refractivity (Wildman–Crippen MR) is 73.3 cm³/mol. The normalized spacial score (nSPS) is 10.7. The Morgan fingerprint density at radius 3 is 2.83 bits per heavy atom. The lowest BCUT2D eigenvalue weighted by Crippen LogP contribution is -2.19. The number of halogens is 1. The summed E-state index contributed by atoms with van der Waals surface area (Å²) in [5, 5.41) is 3.28. The van der Waals surface area contributed by atoms with Gasteiger partial charge in [0.05, 0.1) is 6.61 Å². The van der Waals surface area contributed by atoms with Crippen molar-refractivity contribution < 1.29 is 9.13 Å². The van der Waals surface area contributed by atoms with Gasteiger partial charge in [-0.25, -0.2) is 4.39 Å². The third-order valence-corrected chi connectivity index (χ3v) is 2.40. The average Bonchev–Trinajstić information content (AvgIpc) is 2.28. The van der Waals surface area contributed by atoms with E-state index in [4.69, 9.17) is 4.74 Å². The van der Waals surface area contributed by atoms with Gasteiger partial charge >= 0.3 is 0 Å². The van der Waals surface area contributed by atoms with Gasteiger partial charge < -0.3 is 10.1 Å². The molecular weight excluding hydrogens is 229 g/mol. The molecule has 1 aromatic carbocycles. The molecule has 18 heavy (non-hydrogen) atoms. The van der Waals surface area contributed by atoms with Gasteiger partial charge in [-0.15, -0.1) is 6.58 Å². The first-order valence-electron chi connectivity index (χ1n) is 6.35. The van der Waals surface area contributed by atoms with Crippen LogP contribution in [0.25, 0.3) is 0 Å².